The molecule has 92 valence electrons. The average Bonchev–Trinajstić information content (AvgIpc) is 2.11. The minimum atomic E-state index is -0.123. The molecule has 0 aromatic rings. The summed E-state index contributed by atoms with van der Waals surface area (Å²) in [6, 6.07) is 0. The standard InChI is InChI=1S/C12H22N2O2/c1-8(10-5-13-6-10)12(16)14(2)7-9-3-11(15)4-9/h8-11,13,15H,3-7H2,1-2H3. The number of hydrogen-bond acceptors (Lipinski definition) is 3. The Morgan fingerprint density at radius 2 is 2.12 bits per heavy atom. The van der Waals surface area contributed by atoms with Crippen molar-refractivity contribution in [1.29, 1.82) is 0 Å². The van der Waals surface area contributed by atoms with Crippen LogP contribution in [-0.2, 0) is 4.79 Å². The Bertz CT molecular complexity index is 260. The van der Waals surface area contributed by atoms with Gasteiger partial charge in [-0.3, -0.25) is 4.79 Å². The maximum atomic E-state index is 12.1. The van der Waals surface area contributed by atoms with Gasteiger partial charge < -0.3 is 15.3 Å². The third-order valence-corrected chi connectivity index (χ3v) is 4.03. The first-order valence-corrected chi connectivity index (χ1v) is 6.21. The van der Waals surface area contributed by atoms with Crippen molar-refractivity contribution in [3.63, 3.8) is 0 Å². The Balaban J connectivity index is 1.74. The summed E-state index contributed by atoms with van der Waals surface area (Å²) in [6.07, 6.45) is 1.59. The lowest BCUT2D eigenvalue weighted by atomic mass is 9.81. The van der Waals surface area contributed by atoms with Crippen LogP contribution in [0.1, 0.15) is 19.8 Å². The van der Waals surface area contributed by atoms with E-state index in [1.54, 1.807) is 0 Å². The zero-order valence-electron chi connectivity index (χ0n) is 10.1. The Hall–Kier alpha value is -0.610. The molecular formula is C12H22N2O2. The first-order valence-electron chi connectivity index (χ1n) is 6.21. The predicted molar refractivity (Wildman–Crippen MR) is 61.9 cm³/mol. The summed E-state index contributed by atoms with van der Waals surface area (Å²) in [4.78, 5) is 13.9. The van der Waals surface area contributed by atoms with Crippen molar-refractivity contribution in [2.75, 3.05) is 26.7 Å². The monoisotopic (exact) mass is 226 g/mol. The molecule has 1 aliphatic carbocycles. The van der Waals surface area contributed by atoms with Gasteiger partial charge in [-0.15, -0.1) is 0 Å². The van der Waals surface area contributed by atoms with Gasteiger partial charge in [0, 0.05) is 19.5 Å². The zero-order valence-corrected chi connectivity index (χ0v) is 10.1. The van der Waals surface area contributed by atoms with Crippen LogP contribution in [0.15, 0.2) is 0 Å². The molecule has 4 heteroatoms. The molecule has 4 nitrogen and oxygen atoms in total. The quantitative estimate of drug-likeness (QED) is 0.713. The average molecular weight is 226 g/mol. The lowest BCUT2D eigenvalue weighted by molar-refractivity contribution is -0.137. The Kier molecular flexibility index (Phi) is 3.50. The minimum absolute atomic E-state index is 0.123. The van der Waals surface area contributed by atoms with Crippen molar-refractivity contribution >= 4 is 5.91 Å². The fraction of sp³-hybridized carbons (Fsp3) is 0.917. The fourth-order valence-corrected chi connectivity index (χ4v) is 2.54. The molecule has 2 N–H and O–H groups in total. The third kappa shape index (κ3) is 2.38. The molecule has 1 saturated heterocycles. The second-order valence-electron chi connectivity index (χ2n) is 5.42. The van der Waals surface area contributed by atoms with Crippen molar-refractivity contribution in [1.82, 2.24) is 10.2 Å². The lowest BCUT2D eigenvalue weighted by Gasteiger charge is -2.37. The van der Waals surface area contributed by atoms with Crippen LogP contribution in [0.3, 0.4) is 0 Å². The first kappa shape index (κ1) is 11.9. The molecule has 16 heavy (non-hydrogen) atoms. The highest BCUT2D eigenvalue weighted by Crippen LogP contribution is 2.28. The lowest BCUT2D eigenvalue weighted by Crippen LogP contribution is -2.50. The Morgan fingerprint density at radius 3 is 2.56 bits per heavy atom. The number of aliphatic hydroxyl groups is 1. The molecule has 1 aliphatic heterocycles. The number of nitrogens with one attached hydrogen (secondary N) is 1. The molecule has 1 atom stereocenters. The molecule has 0 spiro atoms. The van der Waals surface area contributed by atoms with E-state index in [2.05, 4.69) is 5.32 Å². The highest BCUT2D eigenvalue weighted by atomic mass is 16.3. The molecule has 1 amide bonds. The third-order valence-electron chi connectivity index (χ3n) is 4.03. The van der Waals surface area contributed by atoms with E-state index >= 15 is 0 Å². The predicted octanol–water partition coefficient (Wildman–Crippen LogP) is 0.0712. The summed E-state index contributed by atoms with van der Waals surface area (Å²) in [6.45, 7) is 4.78. The smallest absolute Gasteiger partial charge is 0.225 e. The van der Waals surface area contributed by atoms with E-state index in [9.17, 15) is 9.90 Å². The van der Waals surface area contributed by atoms with Crippen LogP contribution in [0, 0.1) is 17.8 Å². The minimum Gasteiger partial charge on any atom is -0.393 e. The van der Waals surface area contributed by atoms with Gasteiger partial charge >= 0.3 is 0 Å². The molecular weight excluding hydrogens is 204 g/mol. The highest BCUT2D eigenvalue weighted by Gasteiger charge is 2.33. The summed E-state index contributed by atoms with van der Waals surface area (Å²) in [5.74, 6) is 1.42. The molecule has 1 heterocycles. The molecule has 1 saturated carbocycles. The van der Waals surface area contributed by atoms with E-state index in [-0.39, 0.29) is 17.9 Å². The van der Waals surface area contributed by atoms with Gasteiger partial charge in [0.15, 0.2) is 0 Å². The van der Waals surface area contributed by atoms with Gasteiger partial charge in [-0.05, 0) is 37.8 Å². The summed E-state index contributed by atoms with van der Waals surface area (Å²) in [7, 11) is 1.88. The SMILES string of the molecule is CC(C(=O)N(C)CC1CC(O)C1)C1CNC1. The van der Waals surface area contributed by atoms with Crippen LogP contribution in [0.4, 0.5) is 0 Å². The highest BCUT2D eigenvalue weighted by molar-refractivity contribution is 5.78. The van der Waals surface area contributed by atoms with Gasteiger partial charge in [0.05, 0.1) is 6.10 Å². The van der Waals surface area contributed by atoms with Crippen molar-refractivity contribution < 1.29 is 9.90 Å². The largest absolute Gasteiger partial charge is 0.393 e. The van der Waals surface area contributed by atoms with Gasteiger partial charge in [-0.1, -0.05) is 6.92 Å². The second kappa shape index (κ2) is 4.72. The van der Waals surface area contributed by atoms with E-state index in [0.29, 0.717) is 11.8 Å². The number of amides is 1. The Labute approximate surface area is 97.0 Å². The molecule has 2 rings (SSSR count). The number of hydrogen-bond donors (Lipinski definition) is 2. The normalized spacial score (nSPS) is 31.4. The molecule has 0 aromatic carbocycles. The number of aliphatic hydroxyl groups excluding tert-OH is 1. The van der Waals surface area contributed by atoms with E-state index in [1.165, 1.54) is 0 Å². The molecule has 1 unspecified atom stereocenters. The number of nitrogens with zero attached hydrogens (tertiary/aromatic N) is 1. The fourth-order valence-electron chi connectivity index (χ4n) is 2.54. The van der Waals surface area contributed by atoms with Crippen LogP contribution in [-0.4, -0.2) is 48.7 Å². The van der Waals surface area contributed by atoms with Crippen molar-refractivity contribution in [3.8, 4) is 0 Å². The van der Waals surface area contributed by atoms with Gasteiger partial charge in [0.1, 0.15) is 0 Å². The maximum absolute atomic E-state index is 12.1. The number of carbonyl (C=O) groups is 1. The summed E-state index contributed by atoms with van der Waals surface area (Å²) >= 11 is 0. The number of rotatable bonds is 4. The first-order chi connectivity index (χ1) is 7.58. The maximum Gasteiger partial charge on any atom is 0.225 e. The van der Waals surface area contributed by atoms with Crippen LogP contribution in [0.25, 0.3) is 0 Å². The second-order valence-corrected chi connectivity index (χ2v) is 5.42. The van der Waals surface area contributed by atoms with E-state index < -0.39 is 0 Å². The molecule has 0 radical (unpaired) electrons. The molecule has 2 fully saturated rings. The molecule has 0 bridgehead atoms. The van der Waals surface area contributed by atoms with E-state index in [0.717, 1.165) is 32.5 Å². The Morgan fingerprint density at radius 1 is 1.50 bits per heavy atom. The van der Waals surface area contributed by atoms with Gasteiger partial charge in [0.2, 0.25) is 5.91 Å². The van der Waals surface area contributed by atoms with Crippen molar-refractivity contribution in [3.05, 3.63) is 0 Å². The number of carbonyl (C=O) groups excluding carboxylic acids is 1. The van der Waals surface area contributed by atoms with Crippen molar-refractivity contribution in [2.45, 2.75) is 25.9 Å². The van der Waals surface area contributed by atoms with Gasteiger partial charge in [-0.25, -0.2) is 0 Å². The van der Waals surface area contributed by atoms with Gasteiger partial charge in [-0.2, -0.15) is 0 Å². The zero-order chi connectivity index (χ0) is 11.7. The summed E-state index contributed by atoms with van der Waals surface area (Å²) < 4.78 is 0. The molecule has 0 aromatic heterocycles. The molecule has 2 aliphatic rings. The summed E-state index contributed by atoms with van der Waals surface area (Å²) in [5.41, 5.74) is 0. The van der Waals surface area contributed by atoms with Crippen LogP contribution in [0.2, 0.25) is 0 Å². The van der Waals surface area contributed by atoms with Crippen LogP contribution < -0.4 is 5.32 Å². The van der Waals surface area contributed by atoms with E-state index in [1.807, 2.05) is 18.9 Å². The van der Waals surface area contributed by atoms with Crippen molar-refractivity contribution in [2.24, 2.45) is 17.8 Å². The summed E-state index contributed by atoms with van der Waals surface area (Å²) in [5, 5.41) is 12.4. The van der Waals surface area contributed by atoms with E-state index in [4.69, 9.17) is 0 Å². The van der Waals surface area contributed by atoms with Crippen LogP contribution >= 0.6 is 0 Å². The van der Waals surface area contributed by atoms with Gasteiger partial charge in [0.25, 0.3) is 0 Å². The topological polar surface area (TPSA) is 52.6 Å². The van der Waals surface area contributed by atoms with Crippen LogP contribution in [0.5, 0.6) is 0 Å².